The predicted molar refractivity (Wildman–Crippen MR) is 58.1 cm³/mol. The van der Waals surface area contributed by atoms with Crippen LogP contribution in [-0.2, 0) is 6.42 Å². The van der Waals surface area contributed by atoms with Crippen LogP contribution in [0.5, 0.6) is 0 Å². The molecule has 0 unspecified atom stereocenters. The van der Waals surface area contributed by atoms with Crippen molar-refractivity contribution < 1.29 is 8.78 Å². The lowest BCUT2D eigenvalue weighted by molar-refractivity contribution is 0.577. The molecule has 86 valence electrons. The van der Waals surface area contributed by atoms with Crippen LogP contribution in [0.15, 0.2) is 12.3 Å². The zero-order valence-corrected chi connectivity index (χ0v) is 9.17. The van der Waals surface area contributed by atoms with E-state index in [-0.39, 0.29) is 5.65 Å². The van der Waals surface area contributed by atoms with Crippen molar-refractivity contribution in [3.63, 3.8) is 0 Å². The molecule has 2 aromatic heterocycles. The summed E-state index contributed by atoms with van der Waals surface area (Å²) in [6, 6.07) is 0.806. The van der Waals surface area contributed by atoms with E-state index >= 15 is 0 Å². The maximum atomic E-state index is 13.4. The van der Waals surface area contributed by atoms with Crippen LogP contribution in [0.1, 0.15) is 19.5 Å². The number of nitrogens with two attached hydrogens (primary N) is 1. The molecule has 16 heavy (non-hydrogen) atoms. The Balaban J connectivity index is 2.63. The van der Waals surface area contributed by atoms with E-state index in [0.717, 1.165) is 12.3 Å². The summed E-state index contributed by atoms with van der Waals surface area (Å²) in [7, 11) is 0. The Morgan fingerprint density at radius 2 is 2.12 bits per heavy atom. The van der Waals surface area contributed by atoms with Gasteiger partial charge in [0, 0.05) is 12.3 Å². The number of halogens is 2. The zero-order valence-electron chi connectivity index (χ0n) is 9.17. The number of pyridine rings is 1. The molecule has 3 nitrogen and oxygen atoms in total. The highest BCUT2D eigenvalue weighted by Crippen LogP contribution is 2.20. The molecule has 2 aromatic rings. The minimum absolute atomic E-state index is 0.0783. The second-order valence-corrected chi connectivity index (χ2v) is 4.24. The maximum Gasteiger partial charge on any atom is 0.175 e. The lowest BCUT2D eigenvalue weighted by Crippen LogP contribution is -2.00. The monoisotopic (exact) mass is 225 g/mol. The van der Waals surface area contributed by atoms with Crippen molar-refractivity contribution in [2.45, 2.75) is 20.3 Å². The first-order valence-electron chi connectivity index (χ1n) is 5.10. The largest absolute Gasteiger partial charge is 0.383 e. The lowest BCUT2D eigenvalue weighted by Gasteiger charge is -2.01. The van der Waals surface area contributed by atoms with Crippen molar-refractivity contribution >= 4 is 11.5 Å². The molecule has 5 heteroatoms. The van der Waals surface area contributed by atoms with E-state index in [0.29, 0.717) is 23.9 Å². The summed E-state index contributed by atoms with van der Waals surface area (Å²) in [5, 5.41) is 0. The van der Waals surface area contributed by atoms with E-state index < -0.39 is 11.6 Å². The van der Waals surface area contributed by atoms with Gasteiger partial charge in [-0.25, -0.2) is 13.8 Å². The number of fused-ring (bicyclic) bond motifs is 1. The van der Waals surface area contributed by atoms with Gasteiger partial charge in [-0.1, -0.05) is 13.8 Å². The highest BCUT2D eigenvalue weighted by atomic mass is 19.1. The SMILES string of the molecule is CC(C)Cc1nc2c(F)cc(F)cn2c1N. The molecule has 0 bridgehead atoms. The molecule has 2 N–H and O–H groups in total. The Kier molecular flexibility index (Phi) is 2.53. The smallest absolute Gasteiger partial charge is 0.175 e. The van der Waals surface area contributed by atoms with Gasteiger partial charge in [0.25, 0.3) is 0 Å². The third-order valence-electron chi connectivity index (χ3n) is 2.36. The summed E-state index contributed by atoms with van der Waals surface area (Å²) in [4.78, 5) is 4.09. The average Bonchev–Trinajstić information content (AvgIpc) is 2.45. The molecule has 0 aliphatic heterocycles. The third kappa shape index (κ3) is 1.73. The summed E-state index contributed by atoms with van der Waals surface area (Å²) in [6.07, 6.45) is 1.79. The van der Waals surface area contributed by atoms with Crippen LogP contribution in [0.3, 0.4) is 0 Å². The molecule has 2 rings (SSSR count). The number of imidazole rings is 1. The summed E-state index contributed by atoms with van der Waals surface area (Å²) in [6.45, 7) is 4.03. The van der Waals surface area contributed by atoms with Gasteiger partial charge < -0.3 is 5.73 Å². The molecular formula is C11H13F2N3. The Bertz CT molecular complexity index is 531. The van der Waals surface area contributed by atoms with Crippen LogP contribution in [-0.4, -0.2) is 9.38 Å². The second kappa shape index (κ2) is 3.73. The molecule has 0 atom stereocenters. The number of nitrogen functional groups attached to an aromatic ring is 1. The second-order valence-electron chi connectivity index (χ2n) is 4.24. The molecule has 2 heterocycles. The third-order valence-corrected chi connectivity index (χ3v) is 2.36. The Morgan fingerprint density at radius 3 is 2.75 bits per heavy atom. The van der Waals surface area contributed by atoms with Gasteiger partial charge in [-0.2, -0.15) is 0 Å². The van der Waals surface area contributed by atoms with Gasteiger partial charge in [-0.05, 0) is 12.3 Å². The Hall–Kier alpha value is -1.65. The average molecular weight is 225 g/mol. The molecule has 0 aliphatic carbocycles. The molecule has 0 saturated heterocycles. The lowest BCUT2D eigenvalue weighted by atomic mass is 10.1. The van der Waals surface area contributed by atoms with Gasteiger partial charge in [0.1, 0.15) is 11.6 Å². The molecule has 0 aliphatic rings. The molecule has 0 spiro atoms. The number of hydrogen-bond acceptors (Lipinski definition) is 2. The van der Waals surface area contributed by atoms with Gasteiger partial charge in [-0.3, -0.25) is 4.40 Å². The molecule has 0 amide bonds. The van der Waals surface area contributed by atoms with Crippen molar-refractivity contribution in [1.29, 1.82) is 0 Å². The van der Waals surface area contributed by atoms with Crippen LogP contribution >= 0.6 is 0 Å². The normalized spacial score (nSPS) is 11.6. The van der Waals surface area contributed by atoms with E-state index in [1.165, 1.54) is 4.40 Å². The van der Waals surface area contributed by atoms with Crippen molar-refractivity contribution in [1.82, 2.24) is 9.38 Å². The first kappa shape index (κ1) is 10.9. The van der Waals surface area contributed by atoms with Crippen molar-refractivity contribution in [2.75, 3.05) is 5.73 Å². The fraction of sp³-hybridized carbons (Fsp3) is 0.364. The van der Waals surface area contributed by atoms with E-state index in [4.69, 9.17) is 5.73 Å². The highest BCUT2D eigenvalue weighted by molar-refractivity contribution is 5.53. The highest BCUT2D eigenvalue weighted by Gasteiger charge is 2.14. The van der Waals surface area contributed by atoms with Gasteiger partial charge in [0.05, 0.1) is 5.69 Å². The van der Waals surface area contributed by atoms with Crippen LogP contribution < -0.4 is 5.73 Å². The Labute approximate surface area is 91.9 Å². The number of aromatic nitrogens is 2. The maximum absolute atomic E-state index is 13.4. The Morgan fingerprint density at radius 1 is 1.44 bits per heavy atom. The molecule has 0 aromatic carbocycles. The minimum atomic E-state index is -0.693. The van der Waals surface area contributed by atoms with Crippen molar-refractivity contribution in [3.05, 3.63) is 29.6 Å². The molecule has 0 radical (unpaired) electrons. The summed E-state index contributed by atoms with van der Waals surface area (Å²) < 4.78 is 27.7. The number of rotatable bonds is 2. The number of hydrogen-bond donors (Lipinski definition) is 1. The van der Waals surface area contributed by atoms with Crippen molar-refractivity contribution in [2.24, 2.45) is 5.92 Å². The fourth-order valence-corrected chi connectivity index (χ4v) is 1.67. The zero-order chi connectivity index (χ0) is 11.9. The van der Waals surface area contributed by atoms with E-state index in [1.807, 2.05) is 13.8 Å². The quantitative estimate of drug-likeness (QED) is 0.852. The van der Waals surface area contributed by atoms with Crippen molar-refractivity contribution in [3.8, 4) is 0 Å². The number of anilines is 1. The molecule has 0 saturated carbocycles. The fourth-order valence-electron chi connectivity index (χ4n) is 1.67. The van der Waals surface area contributed by atoms with Crippen LogP contribution in [0, 0.1) is 17.6 Å². The van der Waals surface area contributed by atoms with Gasteiger partial charge in [0.2, 0.25) is 0 Å². The predicted octanol–water partition coefficient (Wildman–Crippen LogP) is 2.39. The summed E-state index contributed by atoms with van der Waals surface area (Å²) >= 11 is 0. The van der Waals surface area contributed by atoms with Crippen LogP contribution in [0.25, 0.3) is 5.65 Å². The standard InChI is InChI=1S/C11H13F2N3/c1-6(2)3-9-10(14)16-5-7(12)4-8(13)11(16)15-9/h4-6H,3,14H2,1-2H3. The van der Waals surface area contributed by atoms with E-state index in [1.54, 1.807) is 0 Å². The number of nitrogens with zero attached hydrogens (tertiary/aromatic N) is 2. The summed E-state index contributed by atoms with van der Waals surface area (Å²) in [5.74, 6) is -0.686. The summed E-state index contributed by atoms with van der Waals surface area (Å²) in [5.41, 5.74) is 6.48. The van der Waals surface area contributed by atoms with E-state index in [9.17, 15) is 8.78 Å². The molecular weight excluding hydrogens is 212 g/mol. The van der Waals surface area contributed by atoms with E-state index in [2.05, 4.69) is 4.98 Å². The van der Waals surface area contributed by atoms with Gasteiger partial charge >= 0.3 is 0 Å². The topological polar surface area (TPSA) is 43.3 Å². The molecule has 0 fully saturated rings. The first-order chi connectivity index (χ1) is 7.49. The van der Waals surface area contributed by atoms with Crippen LogP contribution in [0.2, 0.25) is 0 Å². The minimum Gasteiger partial charge on any atom is -0.383 e. The first-order valence-corrected chi connectivity index (χ1v) is 5.10. The van der Waals surface area contributed by atoms with Gasteiger partial charge in [0.15, 0.2) is 11.5 Å². The van der Waals surface area contributed by atoms with Gasteiger partial charge in [-0.15, -0.1) is 0 Å². The van der Waals surface area contributed by atoms with Crippen LogP contribution in [0.4, 0.5) is 14.6 Å².